The van der Waals surface area contributed by atoms with E-state index in [1.165, 1.54) is 30.7 Å². The lowest BCUT2D eigenvalue weighted by atomic mass is 10.0. The van der Waals surface area contributed by atoms with E-state index >= 15 is 0 Å². The summed E-state index contributed by atoms with van der Waals surface area (Å²) in [6, 6.07) is 8.35. The summed E-state index contributed by atoms with van der Waals surface area (Å²) in [5.41, 5.74) is 5.41. The molecule has 0 fully saturated rings. The first-order valence-electron chi connectivity index (χ1n) is 9.64. The number of primary amides is 1. The standard InChI is InChI=1S/C21H16F3N7O2/c22-21(23,24)16-7-13(2-1-12(16)8-25)31-6-5-15-17(10-31)28-11-29-19(15)30-18-4-3-14(9-27-18)33-20(26)32/h1-4,7,9,11H,5-6,10H2,(H2,26,32)(H,27,28,29,30). The van der Waals surface area contributed by atoms with Crippen LogP contribution in [0.3, 0.4) is 0 Å². The summed E-state index contributed by atoms with van der Waals surface area (Å²) in [4.78, 5) is 25.3. The molecule has 33 heavy (non-hydrogen) atoms. The van der Waals surface area contributed by atoms with Gasteiger partial charge >= 0.3 is 12.3 Å². The molecular formula is C21H16F3N7O2. The lowest BCUT2D eigenvalue weighted by molar-refractivity contribution is -0.137. The maximum atomic E-state index is 13.3. The van der Waals surface area contributed by atoms with E-state index in [-0.39, 0.29) is 12.3 Å². The number of anilines is 3. The maximum absolute atomic E-state index is 13.3. The zero-order valence-electron chi connectivity index (χ0n) is 16.9. The van der Waals surface area contributed by atoms with Gasteiger partial charge in [-0.15, -0.1) is 0 Å². The van der Waals surface area contributed by atoms with Crippen molar-refractivity contribution in [2.24, 2.45) is 5.73 Å². The van der Waals surface area contributed by atoms with Crippen molar-refractivity contribution in [1.29, 1.82) is 5.26 Å². The molecule has 3 N–H and O–H groups in total. The van der Waals surface area contributed by atoms with E-state index in [2.05, 4.69) is 20.3 Å². The average Bonchev–Trinajstić information content (AvgIpc) is 2.79. The van der Waals surface area contributed by atoms with Gasteiger partial charge in [0, 0.05) is 17.8 Å². The van der Waals surface area contributed by atoms with Crippen LogP contribution in [0.4, 0.5) is 35.3 Å². The van der Waals surface area contributed by atoms with Gasteiger partial charge in [-0.3, -0.25) is 0 Å². The van der Waals surface area contributed by atoms with Gasteiger partial charge in [0.05, 0.1) is 35.6 Å². The Labute approximate surface area is 185 Å². The lowest BCUT2D eigenvalue weighted by Gasteiger charge is -2.31. The molecule has 0 spiro atoms. The van der Waals surface area contributed by atoms with Crippen molar-refractivity contribution in [3.63, 3.8) is 0 Å². The molecule has 4 rings (SSSR count). The number of hydrogen-bond donors (Lipinski definition) is 2. The van der Waals surface area contributed by atoms with Crippen LogP contribution < -0.4 is 20.7 Å². The summed E-state index contributed by atoms with van der Waals surface area (Å²) in [6.07, 6.45) is -2.42. The molecule has 12 heteroatoms. The van der Waals surface area contributed by atoms with Crippen LogP contribution in [0.15, 0.2) is 42.9 Å². The Morgan fingerprint density at radius 3 is 2.70 bits per heavy atom. The number of nitriles is 1. The van der Waals surface area contributed by atoms with Crippen LogP contribution in [0.2, 0.25) is 0 Å². The van der Waals surface area contributed by atoms with Crippen molar-refractivity contribution in [1.82, 2.24) is 15.0 Å². The highest BCUT2D eigenvalue weighted by atomic mass is 19.4. The fourth-order valence-corrected chi connectivity index (χ4v) is 3.50. The van der Waals surface area contributed by atoms with Gasteiger partial charge in [0.25, 0.3) is 0 Å². The van der Waals surface area contributed by atoms with Gasteiger partial charge in [0.15, 0.2) is 5.75 Å². The number of amides is 1. The Balaban J connectivity index is 1.55. The molecule has 1 amide bonds. The summed E-state index contributed by atoms with van der Waals surface area (Å²) < 4.78 is 44.7. The molecule has 9 nitrogen and oxygen atoms in total. The number of alkyl halides is 3. The summed E-state index contributed by atoms with van der Waals surface area (Å²) in [7, 11) is 0. The number of aromatic nitrogens is 3. The molecule has 168 valence electrons. The number of nitrogens with two attached hydrogens (primary N) is 1. The first kappa shape index (κ1) is 21.8. The molecule has 0 bridgehead atoms. The van der Waals surface area contributed by atoms with Crippen molar-refractivity contribution in [3.05, 3.63) is 65.2 Å². The SMILES string of the molecule is N#Cc1ccc(N2CCc3c(ncnc3Nc3ccc(OC(N)=O)cn3)C2)cc1C(F)(F)F. The van der Waals surface area contributed by atoms with Gasteiger partial charge in [-0.25, -0.2) is 19.7 Å². The fraction of sp³-hybridized carbons (Fsp3) is 0.190. The number of fused-ring (bicyclic) bond motifs is 1. The largest absolute Gasteiger partial charge is 0.417 e. The highest BCUT2D eigenvalue weighted by Gasteiger charge is 2.34. The minimum atomic E-state index is -4.63. The zero-order valence-corrected chi connectivity index (χ0v) is 16.9. The predicted molar refractivity (Wildman–Crippen MR) is 111 cm³/mol. The Morgan fingerprint density at radius 1 is 1.21 bits per heavy atom. The van der Waals surface area contributed by atoms with Crippen LogP contribution in [0.25, 0.3) is 0 Å². The Hall–Kier alpha value is -4.40. The third-order valence-corrected chi connectivity index (χ3v) is 5.00. The molecule has 0 saturated carbocycles. The van der Waals surface area contributed by atoms with E-state index in [4.69, 9.17) is 15.7 Å². The molecule has 3 heterocycles. The highest BCUT2D eigenvalue weighted by molar-refractivity contribution is 5.68. The van der Waals surface area contributed by atoms with E-state index in [9.17, 15) is 18.0 Å². The molecule has 1 aliphatic heterocycles. The maximum Gasteiger partial charge on any atom is 0.417 e. The number of carbonyl (C=O) groups is 1. The Kier molecular flexibility index (Phi) is 5.70. The fourth-order valence-electron chi connectivity index (χ4n) is 3.50. The van der Waals surface area contributed by atoms with E-state index in [1.54, 1.807) is 17.0 Å². The van der Waals surface area contributed by atoms with Crippen LogP contribution in [-0.2, 0) is 19.1 Å². The molecule has 1 aromatic carbocycles. The number of rotatable bonds is 4. The van der Waals surface area contributed by atoms with Gasteiger partial charge < -0.3 is 20.7 Å². The van der Waals surface area contributed by atoms with Crippen LogP contribution in [0.1, 0.15) is 22.4 Å². The molecule has 1 aliphatic rings. The topological polar surface area (TPSA) is 130 Å². The van der Waals surface area contributed by atoms with Gasteiger partial charge in [-0.1, -0.05) is 0 Å². The Bertz CT molecular complexity index is 1240. The summed E-state index contributed by atoms with van der Waals surface area (Å²) >= 11 is 0. The lowest BCUT2D eigenvalue weighted by Crippen LogP contribution is -2.32. The van der Waals surface area contributed by atoms with E-state index in [0.717, 1.165) is 11.6 Å². The van der Waals surface area contributed by atoms with Crippen molar-refractivity contribution in [3.8, 4) is 11.8 Å². The number of benzene rings is 1. The van der Waals surface area contributed by atoms with Gasteiger partial charge in [-0.05, 0) is 36.8 Å². The van der Waals surface area contributed by atoms with Gasteiger partial charge in [0.1, 0.15) is 18.0 Å². The quantitative estimate of drug-likeness (QED) is 0.611. The molecule has 3 aromatic rings. The molecule has 0 saturated heterocycles. The molecule has 0 aliphatic carbocycles. The van der Waals surface area contributed by atoms with Crippen LogP contribution in [0, 0.1) is 11.3 Å². The second-order valence-electron chi connectivity index (χ2n) is 7.08. The number of hydrogen-bond acceptors (Lipinski definition) is 8. The number of nitrogens with zero attached hydrogens (tertiary/aromatic N) is 5. The molecule has 0 radical (unpaired) electrons. The molecular weight excluding hydrogens is 439 g/mol. The first-order valence-corrected chi connectivity index (χ1v) is 9.64. The minimum absolute atomic E-state index is 0.189. The smallest absolute Gasteiger partial charge is 0.409 e. The summed E-state index contributed by atoms with van der Waals surface area (Å²) in [5.74, 6) is 1.15. The zero-order chi connectivity index (χ0) is 23.6. The first-order chi connectivity index (χ1) is 15.7. The average molecular weight is 455 g/mol. The molecule has 0 unspecified atom stereocenters. The summed E-state index contributed by atoms with van der Waals surface area (Å²) in [5, 5.41) is 12.1. The normalized spacial score (nSPS) is 13.1. The molecule has 2 aromatic heterocycles. The number of ether oxygens (including phenoxy) is 1. The molecule has 0 atom stereocenters. The highest BCUT2D eigenvalue weighted by Crippen LogP contribution is 2.36. The van der Waals surface area contributed by atoms with Crippen LogP contribution in [0.5, 0.6) is 5.75 Å². The monoisotopic (exact) mass is 455 g/mol. The van der Waals surface area contributed by atoms with Gasteiger partial charge in [0.2, 0.25) is 0 Å². The van der Waals surface area contributed by atoms with Gasteiger partial charge in [-0.2, -0.15) is 18.4 Å². The van der Waals surface area contributed by atoms with Crippen molar-refractivity contribution in [2.75, 3.05) is 16.8 Å². The number of pyridine rings is 1. The minimum Gasteiger partial charge on any atom is -0.409 e. The van der Waals surface area contributed by atoms with Crippen molar-refractivity contribution in [2.45, 2.75) is 19.1 Å². The second kappa shape index (κ2) is 8.62. The van der Waals surface area contributed by atoms with Crippen LogP contribution in [-0.4, -0.2) is 27.6 Å². The number of halogens is 3. The van der Waals surface area contributed by atoms with E-state index in [0.29, 0.717) is 36.0 Å². The second-order valence-corrected chi connectivity index (χ2v) is 7.08. The van der Waals surface area contributed by atoms with E-state index < -0.39 is 23.4 Å². The predicted octanol–water partition coefficient (Wildman–Crippen LogP) is 3.53. The van der Waals surface area contributed by atoms with E-state index in [1.807, 2.05) is 0 Å². The Morgan fingerprint density at radius 2 is 2.03 bits per heavy atom. The number of carbonyl (C=O) groups excluding carboxylic acids is 1. The third kappa shape index (κ3) is 4.77. The summed E-state index contributed by atoms with van der Waals surface area (Å²) in [6.45, 7) is 0.700. The third-order valence-electron chi connectivity index (χ3n) is 5.00. The van der Waals surface area contributed by atoms with Crippen molar-refractivity contribution < 1.29 is 22.7 Å². The van der Waals surface area contributed by atoms with Crippen molar-refractivity contribution >= 4 is 23.4 Å². The van der Waals surface area contributed by atoms with Crippen LogP contribution >= 0.6 is 0 Å². The number of nitrogens with one attached hydrogen (secondary N) is 1.